The molecule has 0 heterocycles. The van der Waals surface area contributed by atoms with E-state index < -0.39 is 11.7 Å². The first-order chi connectivity index (χ1) is 12.6. The molecule has 3 nitrogen and oxygen atoms in total. The predicted octanol–water partition coefficient (Wildman–Crippen LogP) is 5.05. The maximum absolute atomic E-state index is 13.7. The third-order valence-corrected chi connectivity index (χ3v) is 4.68. The van der Waals surface area contributed by atoms with Crippen LogP contribution in [0.4, 0.5) is 10.1 Å². The Hall–Kier alpha value is -2.92. The van der Waals surface area contributed by atoms with E-state index in [9.17, 15) is 14.0 Å². The van der Waals surface area contributed by atoms with Crippen LogP contribution in [0, 0.1) is 5.82 Å². The second-order valence-corrected chi connectivity index (χ2v) is 6.59. The topological polar surface area (TPSA) is 46.2 Å². The van der Waals surface area contributed by atoms with E-state index in [-0.39, 0.29) is 17.2 Å². The van der Waals surface area contributed by atoms with E-state index in [0.29, 0.717) is 11.1 Å². The lowest BCUT2D eigenvalue weighted by atomic mass is 10.2. The summed E-state index contributed by atoms with van der Waals surface area (Å²) < 4.78 is 13.7. The van der Waals surface area contributed by atoms with Gasteiger partial charge in [-0.25, -0.2) is 4.39 Å². The van der Waals surface area contributed by atoms with E-state index in [1.165, 1.54) is 23.9 Å². The summed E-state index contributed by atoms with van der Waals surface area (Å²) in [5, 5.41) is 2.55. The first-order valence-corrected chi connectivity index (χ1v) is 8.99. The van der Waals surface area contributed by atoms with Crippen LogP contribution in [0.2, 0.25) is 0 Å². The van der Waals surface area contributed by atoms with E-state index in [1.807, 2.05) is 24.3 Å². The van der Waals surface area contributed by atoms with Gasteiger partial charge >= 0.3 is 0 Å². The first kappa shape index (κ1) is 17.9. The zero-order valence-corrected chi connectivity index (χ0v) is 14.6. The molecule has 3 aromatic carbocycles. The molecule has 1 amide bonds. The minimum absolute atomic E-state index is 0.0248. The van der Waals surface area contributed by atoms with Gasteiger partial charge in [-0.15, -0.1) is 11.8 Å². The Bertz CT molecular complexity index is 928. The van der Waals surface area contributed by atoms with Crippen LogP contribution in [-0.4, -0.2) is 17.4 Å². The quantitative estimate of drug-likeness (QED) is 0.491. The number of ketones is 1. The molecule has 0 aliphatic heterocycles. The minimum atomic E-state index is -0.486. The van der Waals surface area contributed by atoms with E-state index in [0.717, 1.165) is 4.90 Å². The molecular weight excluding hydrogens is 349 g/mol. The first-order valence-electron chi connectivity index (χ1n) is 8.00. The molecule has 0 saturated heterocycles. The molecule has 3 aromatic rings. The average molecular weight is 365 g/mol. The van der Waals surface area contributed by atoms with Crippen molar-refractivity contribution in [1.82, 2.24) is 0 Å². The van der Waals surface area contributed by atoms with Crippen LogP contribution in [0.25, 0.3) is 0 Å². The van der Waals surface area contributed by atoms with Crippen molar-refractivity contribution in [3.05, 3.63) is 95.8 Å². The largest absolute Gasteiger partial charge is 0.319 e. The molecule has 0 fully saturated rings. The molecule has 0 radical (unpaired) electrons. The number of Topliss-reactive ketones (excluding diaryl/α,β-unsaturated/α-hetero) is 1. The van der Waals surface area contributed by atoms with Crippen molar-refractivity contribution < 1.29 is 14.0 Å². The molecule has 0 bridgehead atoms. The standard InChI is InChI=1S/C21H16FNO2S/c22-18-11-4-5-12-19(18)23-21(25)16-9-6-10-17(13-16)26-14-20(24)15-7-2-1-3-8-15/h1-13H,14H2,(H,23,25). The molecule has 0 saturated carbocycles. The molecule has 0 aliphatic carbocycles. The molecule has 0 spiro atoms. The van der Waals surface area contributed by atoms with Crippen molar-refractivity contribution in [2.45, 2.75) is 4.90 Å². The van der Waals surface area contributed by atoms with Crippen molar-refractivity contribution >= 4 is 29.1 Å². The lowest BCUT2D eigenvalue weighted by Gasteiger charge is -2.08. The van der Waals surface area contributed by atoms with Crippen LogP contribution in [0.1, 0.15) is 20.7 Å². The SMILES string of the molecule is O=C(CSc1cccc(C(=O)Nc2ccccc2F)c1)c1ccccc1. The number of carbonyl (C=O) groups is 2. The molecule has 0 unspecified atom stereocenters. The molecular formula is C21H16FNO2S. The summed E-state index contributed by atoms with van der Waals surface area (Å²) in [6.07, 6.45) is 0. The molecule has 5 heteroatoms. The van der Waals surface area contributed by atoms with Gasteiger partial charge in [0.05, 0.1) is 11.4 Å². The summed E-state index contributed by atoms with van der Waals surface area (Å²) in [7, 11) is 0. The number of para-hydroxylation sites is 1. The van der Waals surface area contributed by atoms with Crippen LogP contribution >= 0.6 is 11.8 Å². The third kappa shape index (κ3) is 4.58. The number of carbonyl (C=O) groups excluding carboxylic acids is 2. The summed E-state index contributed by atoms with van der Waals surface area (Å²) in [5.41, 5.74) is 1.20. The number of benzene rings is 3. The predicted molar refractivity (Wildman–Crippen MR) is 102 cm³/mol. The Morgan fingerprint density at radius 3 is 2.31 bits per heavy atom. The van der Waals surface area contributed by atoms with Gasteiger partial charge in [0, 0.05) is 16.0 Å². The van der Waals surface area contributed by atoms with Gasteiger partial charge in [-0.2, -0.15) is 0 Å². The monoisotopic (exact) mass is 365 g/mol. The fraction of sp³-hybridized carbons (Fsp3) is 0.0476. The summed E-state index contributed by atoms with van der Waals surface area (Å²) in [6.45, 7) is 0. The van der Waals surface area contributed by atoms with E-state index in [2.05, 4.69) is 5.32 Å². The number of rotatable bonds is 6. The number of hydrogen-bond donors (Lipinski definition) is 1. The molecule has 130 valence electrons. The van der Waals surface area contributed by atoms with Gasteiger partial charge in [0.15, 0.2) is 5.78 Å². The fourth-order valence-corrected chi connectivity index (χ4v) is 3.19. The third-order valence-electron chi connectivity index (χ3n) is 3.68. The second kappa shape index (κ2) is 8.45. The van der Waals surface area contributed by atoms with Crippen LogP contribution in [0.5, 0.6) is 0 Å². The van der Waals surface area contributed by atoms with Crippen molar-refractivity contribution in [2.75, 3.05) is 11.1 Å². The maximum atomic E-state index is 13.7. The van der Waals surface area contributed by atoms with Gasteiger partial charge in [-0.1, -0.05) is 48.5 Å². The fourth-order valence-electron chi connectivity index (χ4n) is 2.34. The zero-order valence-electron chi connectivity index (χ0n) is 13.8. The smallest absolute Gasteiger partial charge is 0.255 e. The molecule has 3 rings (SSSR count). The second-order valence-electron chi connectivity index (χ2n) is 5.54. The van der Waals surface area contributed by atoms with Gasteiger partial charge < -0.3 is 5.32 Å². The molecule has 1 N–H and O–H groups in total. The number of hydrogen-bond acceptors (Lipinski definition) is 3. The van der Waals surface area contributed by atoms with E-state index in [4.69, 9.17) is 0 Å². The van der Waals surface area contributed by atoms with Crippen LogP contribution in [0.15, 0.2) is 83.8 Å². The summed E-state index contributed by atoms with van der Waals surface area (Å²) in [6, 6.07) is 22.0. The number of nitrogens with one attached hydrogen (secondary N) is 1. The van der Waals surface area contributed by atoms with Crippen molar-refractivity contribution in [3.63, 3.8) is 0 Å². The van der Waals surface area contributed by atoms with Crippen LogP contribution in [-0.2, 0) is 0 Å². The van der Waals surface area contributed by atoms with Crippen molar-refractivity contribution in [2.24, 2.45) is 0 Å². The van der Waals surface area contributed by atoms with Gasteiger partial charge in [0.1, 0.15) is 5.82 Å². The van der Waals surface area contributed by atoms with Crippen LogP contribution < -0.4 is 5.32 Å². The highest BCUT2D eigenvalue weighted by Gasteiger charge is 2.11. The Balaban J connectivity index is 1.65. The lowest BCUT2D eigenvalue weighted by molar-refractivity contribution is 0.101. The minimum Gasteiger partial charge on any atom is -0.319 e. The summed E-state index contributed by atoms with van der Waals surface area (Å²) in [5.74, 6) is -0.578. The zero-order chi connectivity index (χ0) is 18.4. The highest BCUT2D eigenvalue weighted by atomic mass is 32.2. The van der Waals surface area contributed by atoms with Crippen molar-refractivity contribution in [1.29, 1.82) is 0 Å². The number of halogens is 1. The normalized spacial score (nSPS) is 10.3. The Morgan fingerprint density at radius 1 is 0.846 bits per heavy atom. The van der Waals surface area contributed by atoms with Gasteiger partial charge in [0.25, 0.3) is 5.91 Å². The maximum Gasteiger partial charge on any atom is 0.255 e. The van der Waals surface area contributed by atoms with Gasteiger partial charge in [-0.3, -0.25) is 9.59 Å². The molecule has 0 aromatic heterocycles. The Kier molecular flexibility index (Phi) is 5.81. The molecule has 0 atom stereocenters. The van der Waals surface area contributed by atoms with Crippen LogP contribution in [0.3, 0.4) is 0 Å². The average Bonchev–Trinajstić information content (AvgIpc) is 2.69. The Morgan fingerprint density at radius 2 is 1.54 bits per heavy atom. The highest BCUT2D eigenvalue weighted by molar-refractivity contribution is 8.00. The molecule has 0 aliphatic rings. The molecule has 26 heavy (non-hydrogen) atoms. The van der Waals surface area contributed by atoms with Gasteiger partial charge in [0.2, 0.25) is 0 Å². The highest BCUT2D eigenvalue weighted by Crippen LogP contribution is 2.21. The number of anilines is 1. The van der Waals surface area contributed by atoms with E-state index >= 15 is 0 Å². The van der Waals surface area contributed by atoms with Gasteiger partial charge in [-0.05, 0) is 30.3 Å². The van der Waals surface area contributed by atoms with E-state index in [1.54, 1.807) is 42.5 Å². The number of thioether (sulfide) groups is 1. The number of amides is 1. The lowest BCUT2D eigenvalue weighted by Crippen LogP contribution is -2.13. The summed E-state index contributed by atoms with van der Waals surface area (Å²) in [4.78, 5) is 25.3. The Labute approximate surface area is 155 Å². The van der Waals surface area contributed by atoms with Crippen molar-refractivity contribution in [3.8, 4) is 0 Å². The summed E-state index contributed by atoms with van der Waals surface area (Å²) >= 11 is 1.36.